The van der Waals surface area contributed by atoms with Gasteiger partial charge in [-0.05, 0) is 30.7 Å². The molecule has 4 heteroatoms. The monoisotopic (exact) mass is 263 g/mol. The molecule has 2 rings (SSSR count). The predicted molar refractivity (Wildman–Crippen MR) is 70.5 cm³/mol. The zero-order chi connectivity index (χ0) is 13.1. The Hall–Kier alpha value is -1.87. The van der Waals surface area contributed by atoms with Crippen LogP contribution in [-0.2, 0) is 0 Å². The Kier molecular flexibility index (Phi) is 3.63. The van der Waals surface area contributed by atoms with Crippen molar-refractivity contribution in [3.8, 4) is 0 Å². The van der Waals surface area contributed by atoms with Crippen molar-refractivity contribution in [3.05, 3.63) is 64.4 Å². The van der Waals surface area contributed by atoms with E-state index in [9.17, 15) is 9.18 Å². The Bertz CT molecular complexity index is 584. The Balaban J connectivity index is 2.33. The number of aryl methyl sites for hydroxylation is 1. The highest BCUT2D eigenvalue weighted by atomic mass is 35.5. The normalized spacial score (nSPS) is 10.2. The van der Waals surface area contributed by atoms with Gasteiger partial charge >= 0.3 is 0 Å². The Morgan fingerprint density at radius 1 is 1.17 bits per heavy atom. The van der Waals surface area contributed by atoms with Crippen LogP contribution in [0.5, 0.6) is 0 Å². The van der Waals surface area contributed by atoms with E-state index in [0.717, 1.165) is 0 Å². The van der Waals surface area contributed by atoms with Crippen LogP contribution in [0.4, 0.5) is 10.1 Å². The maximum absolute atomic E-state index is 13.3. The molecule has 18 heavy (non-hydrogen) atoms. The molecule has 0 saturated heterocycles. The summed E-state index contributed by atoms with van der Waals surface area (Å²) in [7, 11) is 0. The summed E-state index contributed by atoms with van der Waals surface area (Å²) in [4.78, 5) is 12.0. The summed E-state index contributed by atoms with van der Waals surface area (Å²) >= 11 is 5.82. The van der Waals surface area contributed by atoms with Gasteiger partial charge in [0.15, 0.2) is 0 Å². The van der Waals surface area contributed by atoms with Crippen LogP contribution >= 0.6 is 11.6 Å². The van der Waals surface area contributed by atoms with Crippen LogP contribution in [0.1, 0.15) is 15.9 Å². The van der Waals surface area contributed by atoms with Gasteiger partial charge in [-0.25, -0.2) is 4.39 Å². The second kappa shape index (κ2) is 5.19. The molecule has 0 spiro atoms. The van der Waals surface area contributed by atoms with Gasteiger partial charge in [0.25, 0.3) is 5.91 Å². The summed E-state index contributed by atoms with van der Waals surface area (Å²) in [6, 6.07) is 11.7. The van der Waals surface area contributed by atoms with Crippen molar-refractivity contribution in [2.75, 3.05) is 5.32 Å². The fraction of sp³-hybridized carbons (Fsp3) is 0.0714. The van der Waals surface area contributed by atoms with Crippen LogP contribution in [0.2, 0.25) is 5.02 Å². The molecule has 0 aromatic heterocycles. The highest BCUT2D eigenvalue weighted by Gasteiger charge is 2.16. The van der Waals surface area contributed by atoms with E-state index < -0.39 is 11.7 Å². The molecule has 0 aliphatic heterocycles. The predicted octanol–water partition coefficient (Wildman–Crippen LogP) is 4.04. The first-order valence-corrected chi connectivity index (χ1v) is 5.78. The second-order valence-corrected chi connectivity index (χ2v) is 4.25. The molecule has 0 aliphatic carbocycles. The van der Waals surface area contributed by atoms with Crippen LogP contribution in [0, 0.1) is 12.7 Å². The molecule has 0 fully saturated rings. The highest BCUT2D eigenvalue weighted by Crippen LogP contribution is 2.24. The zero-order valence-corrected chi connectivity index (χ0v) is 10.5. The quantitative estimate of drug-likeness (QED) is 0.870. The fourth-order valence-corrected chi connectivity index (χ4v) is 1.94. The van der Waals surface area contributed by atoms with Crippen LogP contribution in [0.3, 0.4) is 0 Å². The van der Waals surface area contributed by atoms with Crippen molar-refractivity contribution in [2.45, 2.75) is 6.92 Å². The highest BCUT2D eigenvalue weighted by molar-refractivity contribution is 6.34. The van der Waals surface area contributed by atoms with E-state index in [-0.39, 0.29) is 10.6 Å². The van der Waals surface area contributed by atoms with Crippen molar-refractivity contribution < 1.29 is 9.18 Å². The SMILES string of the molecule is Cc1ccc(F)c(Cl)c1C(=O)Nc1ccccc1. The van der Waals surface area contributed by atoms with Gasteiger partial charge in [0, 0.05) is 5.69 Å². The minimum atomic E-state index is -0.597. The van der Waals surface area contributed by atoms with Crippen molar-refractivity contribution in [1.29, 1.82) is 0 Å². The van der Waals surface area contributed by atoms with E-state index >= 15 is 0 Å². The molecule has 0 aliphatic rings. The maximum Gasteiger partial charge on any atom is 0.257 e. The number of carbonyl (C=O) groups is 1. The summed E-state index contributed by atoms with van der Waals surface area (Å²) < 4.78 is 13.3. The van der Waals surface area contributed by atoms with Gasteiger partial charge in [0.2, 0.25) is 0 Å². The van der Waals surface area contributed by atoms with Gasteiger partial charge in [0.05, 0.1) is 10.6 Å². The summed E-state index contributed by atoms with van der Waals surface area (Å²) in [5.74, 6) is -1.01. The van der Waals surface area contributed by atoms with Gasteiger partial charge in [-0.2, -0.15) is 0 Å². The van der Waals surface area contributed by atoms with Crippen LogP contribution < -0.4 is 5.32 Å². The molecule has 2 aromatic rings. The molecule has 0 heterocycles. The molecule has 0 bridgehead atoms. The number of nitrogens with one attached hydrogen (secondary N) is 1. The van der Waals surface area contributed by atoms with E-state index in [1.54, 1.807) is 31.2 Å². The third-order valence-electron chi connectivity index (χ3n) is 2.56. The van der Waals surface area contributed by atoms with Crippen LogP contribution in [0.15, 0.2) is 42.5 Å². The standard InChI is InChI=1S/C14H11ClFNO/c1-9-7-8-11(16)13(15)12(9)14(18)17-10-5-3-2-4-6-10/h2-8H,1H3,(H,17,18). The van der Waals surface area contributed by atoms with Crippen molar-refractivity contribution in [2.24, 2.45) is 0 Å². The molecule has 0 radical (unpaired) electrons. The number of carbonyl (C=O) groups excluding carboxylic acids is 1. The molecule has 0 atom stereocenters. The van der Waals surface area contributed by atoms with E-state index in [0.29, 0.717) is 11.3 Å². The average molecular weight is 264 g/mol. The summed E-state index contributed by atoms with van der Waals surface area (Å²) in [5, 5.41) is 2.53. The lowest BCUT2D eigenvalue weighted by molar-refractivity contribution is 0.102. The first kappa shape index (κ1) is 12.6. The van der Waals surface area contributed by atoms with Crippen LogP contribution in [0.25, 0.3) is 0 Å². The number of para-hydroxylation sites is 1. The molecule has 92 valence electrons. The number of hydrogen-bond acceptors (Lipinski definition) is 1. The van der Waals surface area contributed by atoms with Crippen LogP contribution in [-0.4, -0.2) is 5.91 Å². The fourth-order valence-electron chi connectivity index (χ4n) is 1.64. The maximum atomic E-state index is 13.3. The van der Waals surface area contributed by atoms with E-state index in [1.807, 2.05) is 6.07 Å². The Labute approximate surface area is 109 Å². The van der Waals surface area contributed by atoms with Crippen molar-refractivity contribution in [3.63, 3.8) is 0 Å². The zero-order valence-electron chi connectivity index (χ0n) is 9.71. The number of rotatable bonds is 2. The number of benzene rings is 2. The average Bonchev–Trinajstić information content (AvgIpc) is 2.36. The largest absolute Gasteiger partial charge is 0.322 e. The first-order chi connectivity index (χ1) is 8.59. The summed E-state index contributed by atoms with van der Waals surface area (Å²) in [6.07, 6.45) is 0. The molecule has 0 unspecified atom stereocenters. The smallest absolute Gasteiger partial charge is 0.257 e. The molecule has 1 amide bonds. The first-order valence-electron chi connectivity index (χ1n) is 5.40. The molecular weight excluding hydrogens is 253 g/mol. The molecule has 1 N–H and O–H groups in total. The van der Waals surface area contributed by atoms with Gasteiger partial charge < -0.3 is 5.32 Å². The number of hydrogen-bond donors (Lipinski definition) is 1. The molecular formula is C14H11ClFNO. The van der Waals surface area contributed by atoms with Gasteiger partial charge in [-0.3, -0.25) is 4.79 Å². The molecule has 0 saturated carbocycles. The van der Waals surface area contributed by atoms with E-state index in [4.69, 9.17) is 11.6 Å². The van der Waals surface area contributed by atoms with E-state index in [2.05, 4.69) is 5.32 Å². The number of halogens is 2. The van der Waals surface area contributed by atoms with Gasteiger partial charge in [-0.1, -0.05) is 35.9 Å². The molecule has 2 nitrogen and oxygen atoms in total. The third kappa shape index (κ3) is 2.51. The van der Waals surface area contributed by atoms with Crippen molar-refractivity contribution >= 4 is 23.2 Å². The Morgan fingerprint density at radius 3 is 2.50 bits per heavy atom. The second-order valence-electron chi connectivity index (χ2n) is 3.87. The number of anilines is 1. The van der Waals surface area contributed by atoms with Gasteiger partial charge in [-0.15, -0.1) is 0 Å². The lowest BCUT2D eigenvalue weighted by Crippen LogP contribution is -2.14. The Morgan fingerprint density at radius 2 is 1.83 bits per heavy atom. The summed E-state index contributed by atoms with van der Waals surface area (Å²) in [5.41, 5.74) is 1.44. The number of amides is 1. The summed E-state index contributed by atoms with van der Waals surface area (Å²) in [6.45, 7) is 1.71. The lowest BCUT2D eigenvalue weighted by Gasteiger charge is -2.09. The van der Waals surface area contributed by atoms with Gasteiger partial charge in [0.1, 0.15) is 5.82 Å². The minimum Gasteiger partial charge on any atom is -0.322 e. The third-order valence-corrected chi connectivity index (χ3v) is 2.93. The minimum absolute atomic E-state index is 0.150. The molecule has 2 aromatic carbocycles. The topological polar surface area (TPSA) is 29.1 Å². The van der Waals surface area contributed by atoms with Crippen molar-refractivity contribution in [1.82, 2.24) is 0 Å². The lowest BCUT2D eigenvalue weighted by atomic mass is 10.1. The van der Waals surface area contributed by atoms with E-state index in [1.165, 1.54) is 12.1 Å².